The van der Waals surface area contributed by atoms with Crippen molar-refractivity contribution in [2.45, 2.75) is 62.7 Å². The van der Waals surface area contributed by atoms with E-state index in [0.717, 1.165) is 29.5 Å². The van der Waals surface area contributed by atoms with Crippen LogP contribution in [-0.2, 0) is 39.1 Å². The van der Waals surface area contributed by atoms with E-state index in [1.165, 1.54) is 0 Å². The lowest BCUT2D eigenvalue weighted by molar-refractivity contribution is -0.140. The zero-order chi connectivity index (χ0) is 29.4. The number of sulfonamides is 1. The molecule has 2 N–H and O–H groups in total. The average Bonchev–Trinajstić information content (AvgIpc) is 3.81. The second-order valence-electron chi connectivity index (χ2n) is 10.1. The van der Waals surface area contributed by atoms with Gasteiger partial charge in [0.15, 0.2) is 0 Å². The summed E-state index contributed by atoms with van der Waals surface area (Å²) in [5, 5.41) is 2.93. The van der Waals surface area contributed by atoms with E-state index in [9.17, 15) is 18.0 Å². The van der Waals surface area contributed by atoms with Gasteiger partial charge in [-0.2, -0.15) is 0 Å². The maximum Gasteiger partial charge on any atom is 0.242 e. The number of nitrogens with zero attached hydrogens (tertiary/aromatic N) is 1. The van der Waals surface area contributed by atoms with Gasteiger partial charge in [0.1, 0.15) is 17.5 Å². The highest BCUT2D eigenvalue weighted by Gasteiger charge is 2.28. The van der Waals surface area contributed by atoms with E-state index in [1.54, 1.807) is 50.3 Å². The van der Waals surface area contributed by atoms with Gasteiger partial charge in [0.25, 0.3) is 0 Å². The quantitative estimate of drug-likeness (QED) is 0.300. The Bertz CT molecular complexity index is 1440. The zero-order valence-corrected chi connectivity index (χ0v) is 24.4. The van der Waals surface area contributed by atoms with E-state index >= 15 is 0 Å². The van der Waals surface area contributed by atoms with Gasteiger partial charge in [0.05, 0.1) is 19.1 Å². The van der Waals surface area contributed by atoms with Crippen molar-refractivity contribution < 1.29 is 27.5 Å². The summed E-state index contributed by atoms with van der Waals surface area (Å²) in [6.45, 7) is 2.23. The summed E-state index contributed by atoms with van der Waals surface area (Å²) in [7, 11) is -0.368. The predicted molar refractivity (Wildman–Crippen MR) is 156 cm³/mol. The molecule has 9 nitrogen and oxygen atoms in total. The fourth-order valence-electron chi connectivity index (χ4n) is 4.41. The monoisotopic (exact) mass is 579 g/mol. The minimum Gasteiger partial charge on any atom is -0.497 e. The third-order valence-electron chi connectivity index (χ3n) is 7.09. The molecule has 1 saturated carbocycles. The fourth-order valence-corrected chi connectivity index (χ4v) is 5.71. The first kappa shape index (κ1) is 30.1. The Balaban J connectivity index is 1.43. The molecule has 3 aromatic carbocycles. The third-order valence-corrected chi connectivity index (χ3v) is 8.62. The van der Waals surface area contributed by atoms with Gasteiger partial charge < -0.3 is 19.7 Å². The summed E-state index contributed by atoms with van der Waals surface area (Å²) in [4.78, 5) is 28.5. The summed E-state index contributed by atoms with van der Waals surface area (Å²) in [6.07, 6.45) is 2.29. The Morgan fingerprint density at radius 3 is 2.22 bits per heavy atom. The Kier molecular flexibility index (Phi) is 10.0. The number of amides is 2. The molecule has 3 aromatic rings. The number of ether oxygens (including phenoxy) is 2. The Labute approximate surface area is 241 Å². The van der Waals surface area contributed by atoms with Gasteiger partial charge in [-0.25, -0.2) is 13.1 Å². The second kappa shape index (κ2) is 13.6. The van der Waals surface area contributed by atoms with E-state index < -0.39 is 16.1 Å². The van der Waals surface area contributed by atoms with Gasteiger partial charge in [-0.05, 0) is 67.6 Å². The normalized spacial score (nSPS) is 13.7. The van der Waals surface area contributed by atoms with Crippen LogP contribution in [0.25, 0.3) is 0 Å². The van der Waals surface area contributed by atoms with E-state index in [0.29, 0.717) is 17.9 Å². The number of rotatable bonds is 14. The topological polar surface area (TPSA) is 114 Å². The van der Waals surface area contributed by atoms with Crippen molar-refractivity contribution in [3.05, 3.63) is 89.5 Å². The lowest BCUT2D eigenvalue weighted by atomic mass is 10.1. The van der Waals surface area contributed by atoms with Gasteiger partial charge >= 0.3 is 0 Å². The minimum absolute atomic E-state index is 0.0305. The lowest BCUT2D eigenvalue weighted by Gasteiger charge is -2.29. The molecule has 41 heavy (non-hydrogen) atoms. The summed E-state index contributed by atoms with van der Waals surface area (Å²) in [5.41, 5.74) is 2.53. The van der Waals surface area contributed by atoms with Crippen molar-refractivity contribution in [3.63, 3.8) is 0 Å². The Hall–Kier alpha value is -3.89. The molecule has 0 saturated heterocycles. The molecule has 0 aromatic heterocycles. The number of hydrogen-bond donors (Lipinski definition) is 2. The fraction of sp³-hybridized carbons (Fsp3) is 0.355. The molecule has 0 bridgehead atoms. The van der Waals surface area contributed by atoms with Gasteiger partial charge in [-0.15, -0.1) is 0 Å². The van der Waals surface area contributed by atoms with Crippen molar-refractivity contribution in [2.24, 2.45) is 0 Å². The molecular weight excluding hydrogens is 542 g/mol. The first-order valence-corrected chi connectivity index (χ1v) is 15.1. The van der Waals surface area contributed by atoms with Crippen LogP contribution in [0, 0.1) is 0 Å². The molecule has 1 fully saturated rings. The number of carbonyl (C=O) groups is 2. The first-order valence-electron chi connectivity index (χ1n) is 13.6. The number of hydrogen-bond acceptors (Lipinski definition) is 6. The Morgan fingerprint density at radius 2 is 1.59 bits per heavy atom. The van der Waals surface area contributed by atoms with Crippen LogP contribution in [0.3, 0.4) is 0 Å². The lowest BCUT2D eigenvalue weighted by Crippen LogP contribution is -2.47. The van der Waals surface area contributed by atoms with Gasteiger partial charge in [-0.1, -0.05) is 42.5 Å². The highest BCUT2D eigenvalue weighted by Crippen LogP contribution is 2.23. The number of aryl methyl sites for hydroxylation is 1. The van der Waals surface area contributed by atoms with Crippen LogP contribution < -0.4 is 19.5 Å². The Morgan fingerprint density at radius 1 is 0.927 bits per heavy atom. The van der Waals surface area contributed by atoms with Gasteiger partial charge in [0.2, 0.25) is 21.8 Å². The SMILES string of the molecule is COc1ccc(CN(C(=O)CCc2ccc(S(=O)(=O)NC3CC3)cc2)C(C)C(=O)NCc2ccccc2OC)cc1. The third kappa shape index (κ3) is 8.31. The summed E-state index contributed by atoms with van der Waals surface area (Å²) in [6, 6.07) is 20.7. The minimum atomic E-state index is -3.54. The van der Waals surface area contributed by atoms with Crippen LogP contribution in [0.4, 0.5) is 0 Å². The van der Waals surface area contributed by atoms with E-state index in [2.05, 4.69) is 10.0 Å². The molecule has 218 valence electrons. The molecule has 0 aliphatic heterocycles. The average molecular weight is 580 g/mol. The molecule has 1 aliphatic rings. The number of methoxy groups -OCH3 is 2. The molecule has 1 aliphatic carbocycles. The summed E-state index contributed by atoms with van der Waals surface area (Å²) < 4.78 is 38.2. The zero-order valence-electron chi connectivity index (χ0n) is 23.6. The van der Waals surface area contributed by atoms with Gasteiger partial charge in [-0.3, -0.25) is 9.59 Å². The molecule has 0 spiro atoms. The van der Waals surface area contributed by atoms with Crippen LogP contribution in [0.15, 0.2) is 77.7 Å². The summed E-state index contributed by atoms with van der Waals surface area (Å²) in [5.74, 6) is 0.907. The van der Waals surface area contributed by atoms with Gasteiger partial charge in [0, 0.05) is 31.1 Å². The maximum absolute atomic E-state index is 13.5. The van der Waals surface area contributed by atoms with Crippen molar-refractivity contribution in [1.29, 1.82) is 0 Å². The molecule has 1 atom stereocenters. The predicted octanol–water partition coefficient (Wildman–Crippen LogP) is 3.81. The highest BCUT2D eigenvalue weighted by molar-refractivity contribution is 7.89. The van der Waals surface area contributed by atoms with Crippen molar-refractivity contribution in [3.8, 4) is 11.5 Å². The molecule has 1 unspecified atom stereocenters. The molecule has 4 rings (SSSR count). The molecular formula is C31H37N3O6S. The number of carbonyl (C=O) groups excluding carboxylic acids is 2. The maximum atomic E-state index is 13.5. The van der Waals surface area contributed by atoms with Crippen LogP contribution in [0.5, 0.6) is 11.5 Å². The standard InChI is InChI=1S/C31H37N3O6S/c1-22(31(36)32-20-25-6-4-5-7-29(25)40-3)34(21-24-8-15-27(39-2)16-9-24)30(35)19-12-23-10-17-28(18-11-23)41(37,38)33-26-13-14-26/h4-11,15-18,22,26,33H,12-14,19-21H2,1-3H3,(H,32,36). The number of benzene rings is 3. The van der Waals surface area contributed by atoms with Crippen LogP contribution in [-0.4, -0.2) is 51.4 Å². The van der Waals surface area contributed by atoms with Crippen molar-refractivity contribution in [2.75, 3.05) is 14.2 Å². The van der Waals surface area contributed by atoms with E-state index in [1.807, 2.05) is 48.5 Å². The van der Waals surface area contributed by atoms with Crippen LogP contribution in [0.2, 0.25) is 0 Å². The molecule has 0 heterocycles. The molecule has 10 heteroatoms. The van der Waals surface area contributed by atoms with Crippen LogP contribution in [0.1, 0.15) is 42.9 Å². The smallest absolute Gasteiger partial charge is 0.242 e. The van der Waals surface area contributed by atoms with Crippen molar-refractivity contribution in [1.82, 2.24) is 14.9 Å². The first-order chi connectivity index (χ1) is 19.7. The van der Waals surface area contributed by atoms with E-state index in [4.69, 9.17) is 9.47 Å². The van der Waals surface area contributed by atoms with E-state index in [-0.39, 0.29) is 42.3 Å². The molecule has 2 amide bonds. The second-order valence-corrected chi connectivity index (χ2v) is 11.8. The number of para-hydroxylation sites is 1. The highest BCUT2D eigenvalue weighted by atomic mass is 32.2. The largest absolute Gasteiger partial charge is 0.497 e. The van der Waals surface area contributed by atoms with Crippen molar-refractivity contribution >= 4 is 21.8 Å². The summed E-state index contributed by atoms with van der Waals surface area (Å²) >= 11 is 0. The van der Waals surface area contributed by atoms with Crippen LogP contribution >= 0.6 is 0 Å². The number of nitrogens with one attached hydrogen (secondary N) is 2. The molecule has 0 radical (unpaired) electrons.